The lowest BCUT2D eigenvalue weighted by atomic mass is 9.70. The first kappa shape index (κ1) is 24.2. The first-order valence-corrected chi connectivity index (χ1v) is 12.4. The predicted molar refractivity (Wildman–Crippen MR) is 134 cm³/mol. The van der Waals surface area contributed by atoms with Crippen molar-refractivity contribution >= 4 is 15.9 Å². The van der Waals surface area contributed by atoms with Crippen LogP contribution in [-0.4, -0.2) is 65.2 Å². The van der Waals surface area contributed by atoms with Gasteiger partial charge < -0.3 is 29.7 Å². The van der Waals surface area contributed by atoms with Gasteiger partial charge in [-0.2, -0.15) is 0 Å². The second kappa shape index (κ2) is 9.19. The fourth-order valence-electron chi connectivity index (χ4n) is 6.06. The van der Waals surface area contributed by atoms with Gasteiger partial charge in [0.15, 0.2) is 11.2 Å². The van der Waals surface area contributed by atoms with E-state index >= 15 is 0 Å². The maximum atomic E-state index is 12.7. The molecule has 1 aliphatic carbocycles. The monoisotopic (exact) mass is 540 g/mol. The van der Waals surface area contributed by atoms with Gasteiger partial charge in [0.05, 0.1) is 37.8 Å². The van der Waals surface area contributed by atoms with Crippen molar-refractivity contribution in [3.05, 3.63) is 88.2 Å². The van der Waals surface area contributed by atoms with Crippen molar-refractivity contribution in [1.82, 2.24) is 9.88 Å². The van der Waals surface area contributed by atoms with Crippen molar-refractivity contribution in [3.63, 3.8) is 0 Å². The highest BCUT2D eigenvalue weighted by Crippen LogP contribution is 2.69. The summed E-state index contributed by atoms with van der Waals surface area (Å²) >= 11 is 3.51. The number of aromatic nitrogens is 1. The van der Waals surface area contributed by atoms with Crippen LogP contribution in [0.3, 0.4) is 0 Å². The van der Waals surface area contributed by atoms with E-state index in [-0.39, 0.29) is 6.61 Å². The molecular formula is C27H29BrN2O5. The largest absolute Gasteiger partial charge is 0.495 e. The molecule has 1 aromatic heterocycles. The Kier molecular flexibility index (Phi) is 6.35. The summed E-state index contributed by atoms with van der Waals surface area (Å²) < 4.78 is 13.3. The van der Waals surface area contributed by atoms with E-state index in [1.165, 1.54) is 13.3 Å². The summed E-state index contributed by atoms with van der Waals surface area (Å²) in [4.78, 5) is 6.22. The van der Waals surface area contributed by atoms with Gasteiger partial charge in [0.25, 0.3) is 0 Å². The number of hydrogen-bond donors (Lipinski definition) is 3. The summed E-state index contributed by atoms with van der Waals surface area (Å²) in [6, 6.07) is 17.5. The van der Waals surface area contributed by atoms with Crippen LogP contribution in [0.15, 0.2) is 71.5 Å². The molecule has 2 heterocycles. The molecule has 5 unspecified atom stereocenters. The summed E-state index contributed by atoms with van der Waals surface area (Å²) in [7, 11) is 3.41. The van der Waals surface area contributed by atoms with Crippen molar-refractivity contribution in [2.45, 2.75) is 23.2 Å². The molecule has 184 valence electrons. The first-order valence-electron chi connectivity index (χ1n) is 11.6. The zero-order valence-electron chi connectivity index (χ0n) is 19.6. The van der Waals surface area contributed by atoms with Crippen molar-refractivity contribution in [3.8, 4) is 11.5 Å². The molecule has 0 saturated heterocycles. The number of rotatable bonds is 7. The molecule has 1 fully saturated rings. The van der Waals surface area contributed by atoms with Crippen LogP contribution in [0.5, 0.6) is 11.5 Å². The van der Waals surface area contributed by atoms with E-state index in [4.69, 9.17) is 9.47 Å². The topological polar surface area (TPSA) is 95.3 Å². The molecule has 3 N–H and O–H groups in total. The summed E-state index contributed by atoms with van der Waals surface area (Å²) in [5.74, 6) is -0.104. The summed E-state index contributed by atoms with van der Waals surface area (Å²) in [5, 5.41) is 34.2. The van der Waals surface area contributed by atoms with Crippen molar-refractivity contribution in [2.75, 3.05) is 33.9 Å². The number of halogens is 1. The van der Waals surface area contributed by atoms with E-state index in [1.54, 1.807) is 6.20 Å². The van der Waals surface area contributed by atoms with Gasteiger partial charge in [0.1, 0.15) is 11.5 Å². The Morgan fingerprint density at radius 3 is 2.49 bits per heavy atom. The molecule has 7 nitrogen and oxygen atoms in total. The van der Waals surface area contributed by atoms with Gasteiger partial charge in [0.2, 0.25) is 0 Å². The molecule has 5 atom stereocenters. The predicted octanol–water partition coefficient (Wildman–Crippen LogP) is 3.03. The van der Waals surface area contributed by atoms with Gasteiger partial charge in [-0.25, -0.2) is 0 Å². The average Bonchev–Trinajstić information content (AvgIpc) is 3.23. The van der Waals surface area contributed by atoms with Gasteiger partial charge in [-0.15, -0.1) is 0 Å². The molecule has 0 bridgehead atoms. The highest BCUT2D eigenvalue weighted by molar-refractivity contribution is 9.10. The van der Waals surface area contributed by atoms with Crippen molar-refractivity contribution in [2.24, 2.45) is 5.92 Å². The number of ether oxygens (including phenoxy) is 2. The fraction of sp³-hybridized carbons (Fsp3) is 0.370. The number of aliphatic hydroxyl groups is 3. The fourth-order valence-corrected chi connectivity index (χ4v) is 6.32. The zero-order chi connectivity index (χ0) is 24.8. The molecule has 0 spiro atoms. The second-order valence-corrected chi connectivity index (χ2v) is 10.2. The first-order chi connectivity index (χ1) is 16.9. The molecule has 0 amide bonds. The Hall–Kier alpha value is -2.49. The number of methoxy groups -OCH3 is 1. The summed E-state index contributed by atoms with van der Waals surface area (Å²) in [6.07, 6.45) is 1.90. The quantitative estimate of drug-likeness (QED) is 0.424. The third-order valence-electron chi connectivity index (χ3n) is 7.45. The molecule has 2 aliphatic rings. The molecule has 5 rings (SSSR count). The molecule has 1 aliphatic heterocycles. The Morgan fingerprint density at radius 1 is 1.11 bits per heavy atom. The Balaban J connectivity index is 1.81. The molecule has 8 heteroatoms. The number of nitrogens with zero attached hydrogens (tertiary/aromatic N) is 2. The van der Waals surface area contributed by atoms with Crippen LogP contribution in [0.1, 0.15) is 22.6 Å². The molecule has 2 aromatic carbocycles. The lowest BCUT2D eigenvalue weighted by Crippen LogP contribution is -2.52. The lowest BCUT2D eigenvalue weighted by Gasteiger charge is -2.41. The third kappa shape index (κ3) is 3.50. The number of fused-ring (bicyclic) bond motifs is 3. The van der Waals surface area contributed by atoms with Crippen molar-refractivity contribution in [1.29, 1.82) is 0 Å². The minimum absolute atomic E-state index is 0.00370. The molecular weight excluding hydrogens is 512 g/mol. The molecule has 3 aromatic rings. The number of benzene rings is 2. The minimum atomic E-state index is -1.82. The maximum Gasteiger partial charge on any atom is 0.177 e. The summed E-state index contributed by atoms with van der Waals surface area (Å²) in [6.45, 7) is 0.878. The van der Waals surface area contributed by atoms with Gasteiger partial charge in [-0.3, -0.25) is 4.98 Å². The molecule has 0 radical (unpaired) electrons. The summed E-state index contributed by atoms with van der Waals surface area (Å²) in [5.41, 5.74) is -1.10. The van der Waals surface area contributed by atoms with Gasteiger partial charge in [-0.1, -0.05) is 58.4 Å². The van der Waals surface area contributed by atoms with Crippen molar-refractivity contribution < 1.29 is 24.8 Å². The number of aliphatic hydroxyl groups excluding tert-OH is 2. The average molecular weight is 541 g/mol. The number of hydrogen-bond acceptors (Lipinski definition) is 7. The Bertz CT molecular complexity index is 1190. The maximum absolute atomic E-state index is 12.7. The van der Waals surface area contributed by atoms with Crippen LogP contribution in [0.4, 0.5) is 0 Å². The minimum Gasteiger partial charge on any atom is -0.495 e. The van der Waals surface area contributed by atoms with E-state index in [9.17, 15) is 15.3 Å². The van der Waals surface area contributed by atoms with Crippen LogP contribution in [0.2, 0.25) is 0 Å². The highest BCUT2D eigenvalue weighted by Gasteiger charge is 2.76. The highest BCUT2D eigenvalue weighted by atomic mass is 79.9. The number of pyridine rings is 1. The normalized spacial score (nSPS) is 29.1. The third-order valence-corrected chi connectivity index (χ3v) is 7.98. The smallest absolute Gasteiger partial charge is 0.177 e. The van der Waals surface area contributed by atoms with Gasteiger partial charge in [-0.05, 0) is 30.3 Å². The Labute approximate surface area is 213 Å². The Morgan fingerprint density at radius 2 is 1.83 bits per heavy atom. The van der Waals surface area contributed by atoms with Crippen LogP contribution in [0, 0.1) is 5.92 Å². The van der Waals surface area contributed by atoms with E-state index in [0.29, 0.717) is 30.2 Å². The van der Waals surface area contributed by atoms with Gasteiger partial charge >= 0.3 is 0 Å². The van der Waals surface area contributed by atoms with E-state index in [0.717, 1.165) is 15.6 Å². The second-order valence-electron chi connectivity index (χ2n) is 9.31. The van der Waals surface area contributed by atoms with Crippen LogP contribution >= 0.6 is 15.9 Å². The standard InChI is InChI=1S/C27H29BrN2O5/c1-30(12-13-31)16-20-23(17-6-4-3-5-7-17)27(18-8-10-19(28)11-9-18)26(33,25(20)32)24-21(34-2)14-29-15-22(24)35-27/h3-11,14-15,20,23,25,31-33H,12-13,16H2,1-2H3. The van der Waals surface area contributed by atoms with Crippen LogP contribution in [-0.2, 0) is 11.2 Å². The lowest BCUT2D eigenvalue weighted by molar-refractivity contribution is -0.152. The SMILES string of the molecule is COc1cncc2c1C1(O)C(O)C(CN(C)CCO)C(c3ccccc3)C1(c1ccc(Br)cc1)O2. The number of likely N-dealkylation sites (N-methyl/N-ethyl adjacent to an activating group) is 1. The molecule has 1 saturated carbocycles. The van der Waals surface area contributed by atoms with Gasteiger partial charge in [0, 0.05) is 29.4 Å². The zero-order valence-corrected chi connectivity index (χ0v) is 21.2. The van der Waals surface area contributed by atoms with Crippen LogP contribution in [0.25, 0.3) is 0 Å². The van der Waals surface area contributed by atoms with E-state index < -0.39 is 29.1 Å². The van der Waals surface area contributed by atoms with E-state index in [2.05, 4.69) is 20.9 Å². The van der Waals surface area contributed by atoms with Crippen LogP contribution < -0.4 is 9.47 Å². The van der Waals surface area contributed by atoms with E-state index in [1.807, 2.05) is 66.5 Å². The molecule has 35 heavy (non-hydrogen) atoms.